The largest absolute Gasteiger partial charge is 0.354 e. The molecule has 3 heterocycles. The molecule has 2 fully saturated rings. The van der Waals surface area contributed by atoms with Gasteiger partial charge in [-0.15, -0.1) is 0 Å². The topological polar surface area (TPSA) is 89.1 Å². The van der Waals surface area contributed by atoms with E-state index in [4.69, 9.17) is 0 Å². The van der Waals surface area contributed by atoms with Gasteiger partial charge in [0.15, 0.2) is 0 Å². The van der Waals surface area contributed by atoms with Gasteiger partial charge in [-0.05, 0) is 25.2 Å². The molecule has 0 bridgehead atoms. The smallest absolute Gasteiger partial charge is 0.317 e. The van der Waals surface area contributed by atoms with Gasteiger partial charge in [0, 0.05) is 70.7 Å². The molecule has 0 spiro atoms. The number of aromatic nitrogens is 1. The molecule has 9 nitrogen and oxygen atoms in total. The fourth-order valence-electron chi connectivity index (χ4n) is 4.03. The third-order valence-corrected chi connectivity index (χ3v) is 7.92. The maximum atomic E-state index is 12.8. The maximum absolute atomic E-state index is 12.8. The minimum Gasteiger partial charge on any atom is -0.354 e. The normalized spacial score (nSPS) is 18.5. The van der Waals surface area contributed by atoms with E-state index in [1.807, 2.05) is 12.1 Å². The number of amides is 2. The van der Waals surface area contributed by atoms with Crippen LogP contribution >= 0.6 is 0 Å². The van der Waals surface area contributed by atoms with Crippen molar-refractivity contribution in [1.82, 2.24) is 24.4 Å². The van der Waals surface area contributed by atoms with Gasteiger partial charge in [0.05, 0.1) is 4.90 Å². The number of carbonyl (C=O) groups excluding carboxylic acids is 1. The molecule has 2 aromatic rings. The van der Waals surface area contributed by atoms with Crippen LogP contribution in [-0.4, -0.2) is 92.9 Å². The molecule has 2 saturated heterocycles. The molecule has 1 aromatic carbocycles. The number of benzene rings is 1. The van der Waals surface area contributed by atoms with Crippen molar-refractivity contribution in [2.24, 2.45) is 0 Å². The Bertz CT molecular complexity index is 1020. The maximum Gasteiger partial charge on any atom is 0.317 e. The highest BCUT2D eigenvalue weighted by Crippen LogP contribution is 2.20. The first-order valence-electron chi connectivity index (χ1n) is 10.9. The van der Waals surface area contributed by atoms with Gasteiger partial charge in [0.1, 0.15) is 5.82 Å². The summed E-state index contributed by atoms with van der Waals surface area (Å²) in [4.78, 5) is 23.8. The summed E-state index contributed by atoms with van der Waals surface area (Å²) in [7, 11) is -1.42. The van der Waals surface area contributed by atoms with Crippen molar-refractivity contribution in [2.75, 3.05) is 64.3 Å². The minimum atomic E-state index is -3.53. The van der Waals surface area contributed by atoms with E-state index >= 15 is 0 Å². The Morgan fingerprint density at radius 3 is 2.31 bits per heavy atom. The molecule has 2 aliphatic rings. The monoisotopic (exact) mass is 458 g/mol. The van der Waals surface area contributed by atoms with E-state index in [-0.39, 0.29) is 24.0 Å². The molecule has 0 saturated carbocycles. The number of hydrogen-bond donors (Lipinski definition) is 1. The summed E-state index contributed by atoms with van der Waals surface area (Å²) >= 11 is 0. The number of urea groups is 1. The molecule has 32 heavy (non-hydrogen) atoms. The number of nitrogens with zero attached hydrogens (tertiary/aromatic N) is 5. The predicted octanol–water partition coefficient (Wildman–Crippen LogP) is 1.05. The Morgan fingerprint density at radius 1 is 0.938 bits per heavy atom. The summed E-state index contributed by atoms with van der Waals surface area (Å²) in [6.45, 7) is 5.45. The Hall–Kier alpha value is -2.69. The number of sulfonamides is 1. The number of carbonyl (C=O) groups is 1. The van der Waals surface area contributed by atoms with Crippen molar-refractivity contribution in [3.63, 3.8) is 0 Å². The molecule has 1 N–H and O–H groups in total. The second-order valence-electron chi connectivity index (χ2n) is 8.14. The van der Waals surface area contributed by atoms with Gasteiger partial charge >= 0.3 is 6.03 Å². The van der Waals surface area contributed by atoms with Crippen LogP contribution in [0.2, 0.25) is 0 Å². The number of rotatable bonds is 5. The predicted molar refractivity (Wildman–Crippen MR) is 123 cm³/mol. The third kappa shape index (κ3) is 5.03. The Morgan fingerprint density at radius 2 is 1.62 bits per heavy atom. The van der Waals surface area contributed by atoms with Gasteiger partial charge in [-0.2, -0.15) is 4.31 Å². The van der Waals surface area contributed by atoms with Crippen molar-refractivity contribution in [1.29, 1.82) is 0 Å². The molecule has 2 amide bonds. The highest BCUT2D eigenvalue weighted by atomic mass is 32.2. The number of likely N-dealkylation sites (N-methyl/N-ethyl adjacent to an activating group) is 1. The summed E-state index contributed by atoms with van der Waals surface area (Å²) in [5.74, 6) is 0.916. The van der Waals surface area contributed by atoms with Crippen molar-refractivity contribution >= 4 is 21.9 Å². The molecule has 172 valence electrons. The van der Waals surface area contributed by atoms with Crippen LogP contribution in [-0.2, 0) is 16.6 Å². The molecular formula is C22H30N6O3S. The number of pyridine rings is 1. The summed E-state index contributed by atoms with van der Waals surface area (Å²) in [5, 5.41) is 2.98. The van der Waals surface area contributed by atoms with Gasteiger partial charge in [-0.25, -0.2) is 18.2 Å². The third-order valence-electron chi connectivity index (χ3n) is 6.01. The van der Waals surface area contributed by atoms with E-state index < -0.39 is 10.0 Å². The molecule has 0 atom stereocenters. The SMILES string of the molecule is CN1CCN(c2ncccc2CNC(=O)N2CCN(S(=O)(=O)c3ccccc3)CC2)CC1. The molecular weight excluding hydrogens is 428 g/mol. The van der Waals surface area contributed by atoms with Crippen molar-refractivity contribution in [2.45, 2.75) is 11.4 Å². The Balaban J connectivity index is 1.32. The van der Waals surface area contributed by atoms with Crippen molar-refractivity contribution < 1.29 is 13.2 Å². The standard InChI is InChI=1S/C22H30N6O3S/c1-25-10-12-26(13-11-25)21-19(6-5-9-23-21)18-24-22(29)27-14-16-28(17-15-27)32(30,31)20-7-3-2-4-8-20/h2-9H,10-18H2,1H3,(H,24,29). The Labute approximate surface area is 189 Å². The molecule has 10 heteroatoms. The van der Waals surface area contributed by atoms with Crippen LogP contribution in [0.3, 0.4) is 0 Å². The number of anilines is 1. The van der Waals surface area contributed by atoms with Gasteiger partial charge in [0.25, 0.3) is 0 Å². The first kappa shape index (κ1) is 22.5. The number of piperazine rings is 2. The molecule has 1 aromatic heterocycles. The zero-order valence-electron chi connectivity index (χ0n) is 18.4. The Kier molecular flexibility index (Phi) is 6.92. The van der Waals surface area contributed by atoms with E-state index in [0.717, 1.165) is 37.6 Å². The zero-order chi connectivity index (χ0) is 22.6. The van der Waals surface area contributed by atoms with Crippen LogP contribution in [0.15, 0.2) is 53.6 Å². The van der Waals surface area contributed by atoms with E-state index in [9.17, 15) is 13.2 Å². The molecule has 2 aliphatic heterocycles. The van der Waals surface area contributed by atoms with Gasteiger partial charge in [-0.3, -0.25) is 0 Å². The van der Waals surface area contributed by atoms with Crippen LogP contribution in [0.4, 0.5) is 10.6 Å². The summed E-state index contributed by atoms with van der Waals surface area (Å²) in [6.07, 6.45) is 1.78. The second kappa shape index (κ2) is 9.85. The lowest BCUT2D eigenvalue weighted by molar-refractivity contribution is 0.172. The van der Waals surface area contributed by atoms with Gasteiger partial charge in [0.2, 0.25) is 10.0 Å². The summed E-state index contributed by atoms with van der Waals surface area (Å²) in [5.41, 5.74) is 0.982. The lowest BCUT2D eigenvalue weighted by Gasteiger charge is -2.35. The lowest BCUT2D eigenvalue weighted by Crippen LogP contribution is -2.53. The van der Waals surface area contributed by atoms with Crippen LogP contribution in [0.1, 0.15) is 5.56 Å². The average molecular weight is 459 g/mol. The molecule has 0 unspecified atom stereocenters. The van der Waals surface area contributed by atoms with Gasteiger partial charge in [-0.1, -0.05) is 24.3 Å². The average Bonchev–Trinajstić information content (AvgIpc) is 2.84. The molecule has 0 radical (unpaired) electrons. The molecule has 4 rings (SSSR count). The van der Waals surface area contributed by atoms with Crippen LogP contribution < -0.4 is 10.2 Å². The van der Waals surface area contributed by atoms with Crippen LogP contribution in [0.25, 0.3) is 0 Å². The zero-order valence-corrected chi connectivity index (χ0v) is 19.2. The van der Waals surface area contributed by atoms with E-state index in [1.54, 1.807) is 41.4 Å². The number of hydrogen-bond acceptors (Lipinski definition) is 6. The van der Waals surface area contributed by atoms with E-state index in [2.05, 4.69) is 27.1 Å². The first-order valence-corrected chi connectivity index (χ1v) is 12.3. The first-order chi connectivity index (χ1) is 15.4. The number of nitrogens with one attached hydrogen (secondary N) is 1. The van der Waals surface area contributed by atoms with Gasteiger partial charge < -0.3 is 20.0 Å². The molecule has 0 aliphatic carbocycles. The fraction of sp³-hybridized carbons (Fsp3) is 0.455. The van der Waals surface area contributed by atoms with Crippen molar-refractivity contribution in [3.05, 3.63) is 54.2 Å². The van der Waals surface area contributed by atoms with E-state index in [0.29, 0.717) is 19.6 Å². The fourth-order valence-corrected chi connectivity index (χ4v) is 5.47. The summed E-state index contributed by atoms with van der Waals surface area (Å²) in [6, 6.07) is 12.1. The summed E-state index contributed by atoms with van der Waals surface area (Å²) < 4.78 is 27.0. The lowest BCUT2D eigenvalue weighted by atomic mass is 10.2. The van der Waals surface area contributed by atoms with Crippen LogP contribution in [0, 0.1) is 0 Å². The van der Waals surface area contributed by atoms with E-state index in [1.165, 1.54) is 4.31 Å². The second-order valence-corrected chi connectivity index (χ2v) is 10.1. The highest BCUT2D eigenvalue weighted by Gasteiger charge is 2.30. The minimum absolute atomic E-state index is 0.185. The van der Waals surface area contributed by atoms with Crippen LogP contribution in [0.5, 0.6) is 0 Å². The van der Waals surface area contributed by atoms with Crippen molar-refractivity contribution in [3.8, 4) is 0 Å². The highest BCUT2D eigenvalue weighted by molar-refractivity contribution is 7.89. The quantitative estimate of drug-likeness (QED) is 0.721.